The lowest BCUT2D eigenvalue weighted by atomic mass is 9.96. The highest BCUT2D eigenvalue weighted by Gasteiger charge is 2.37. The number of hydrogen-bond donors (Lipinski definition) is 3. The van der Waals surface area contributed by atoms with Crippen molar-refractivity contribution in [2.75, 3.05) is 6.61 Å². The van der Waals surface area contributed by atoms with E-state index in [-0.39, 0.29) is 0 Å². The second-order valence-electron chi connectivity index (χ2n) is 11.1. The van der Waals surface area contributed by atoms with Crippen molar-refractivity contribution in [3.8, 4) is 0 Å². The summed E-state index contributed by atoms with van der Waals surface area (Å²) in [5, 5.41) is 16.3. The minimum Gasteiger partial charge on any atom is -0.443 e. The van der Waals surface area contributed by atoms with Crippen LogP contribution in [0.2, 0.25) is 0 Å². The quantitative estimate of drug-likeness (QED) is 0.367. The number of amides is 3. The van der Waals surface area contributed by atoms with Crippen LogP contribution in [0.25, 0.3) is 10.8 Å². The molecule has 3 aromatic carbocycles. The van der Waals surface area contributed by atoms with Crippen LogP contribution in [-0.2, 0) is 9.47 Å². The van der Waals surface area contributed by atoms with Gasteiger partial charge in [0.2, 0.25) is 0 Å². The number of benzene rings is 3. The van der Waals surface area contributed by atoms with E-state index < -0.39 is 48.0 Å². The van der Waals surface area contributed by atoms with Crippen LogP contribution in [0.15, 0.2) is 72.8 Å². The summed E-state index contributed by atoms with van der Waals surface area (Å²) < 4.78 is 10.9. The molecule has 0 aromatic heterocycles. The maximum Gasteiger partial charge on any atom is 0.429 e. The Balaban J connectivity index is 2.08. The molecular formula is C30H37N3O6. The minimum absolute atomic E-state index is 0.392. The molecule has 3 N–H and O–H groups in total. The van der Waals surface area contributed by atoms with E-state index in [1.807, 2.05) is 42.5 Å². The van der Waals surface area contributed by atoms with Crippen molar-refractivity contribution >= 4 is 28.9 Å². The molecule has 0 radical (unpaired) electrons. The maximum atomic E-state index is 13.4. The van der Waals surface area contributed by atoms with E-state index in [1.54, 1.807) is 71.9 Å². The number of nitrogens with zero attached hydrogens (tertiary/aromatic N) is 1. The van der Waals surface area contributed by atoms with Crippen LogP contribution in [0.1, 0.15) is 63.5 Å². The van der Waals surface area contributed by atoms with E-state index in [0.717, 1.165) is 15.8 Å². The Bertz CT molecular complexity index is 1300. The van der Waals surface area contributed by atoms with Crippen LogP contribution < -0.4 is 10.7 Å². The zero-order valence-electron chi connectivity index (χ0n) is 23.2. The van der Waals surface area contributed by atoms with Gasteiger partial charge >= 0.3 is 12.2 Å². The van der Waals surface area contributed by atoms with Crippen LogP contribution in [0, 0.1) is 0 Å². The lowest BCUT2D eigenvalue weighted by Crippen LogP contribution is -2.59. The zero-order valence-corrected chi connectivity index (χ0v) is 23.2. The Morgan fingerprint density at radius 2 is 1.41 bits per heavy atom. The van der Waals surface area contributed by atoms with Gasteiger partial charge in [0.05, 0.1) is 12.6 Å². The average Bonchev–Trinajstić information content (AvgIpc) is 2.85. The molecule has 0 spiro atoms. The largest absolute Gasteiger partial charge is 0.443 e. The molecule has 0 saturated heterocycles. The molecule has 3 amide bonds. The van der Waals surface area contributed by atoms with Crippen LogP contribution in [0.4, 0.5) is 9.59 Å². The number of fused-ring (bicyclic) bond motifs is 1. The second-order valence-corrected chi connectivity index (χ2v) is 11.1. The average molecular weight is 536 g/mol. The van der Waals surface area contributed by atoms with E-state index in [2.05, 4.69) is 10.7 Å². The highest BCUT2D eigenvalue weighted by atomic mass is 16.6. The third kappa shape index (κ3) is 8.44. The first-order valence-corrected chi connectivity index (χ1v) is 12.7. The normalized spacial score (nSPS) is 13.2. The van der Waals surface area contributed by atoms with Crippen LogP contribution >= 0.6 is 0 Å². The second kappa shape index (κ2) is 12.2. The first kappa shape index (κ1) is 29.4. The molecule has 0 bridgehead atoms. The van der Waals surface area contributed by atoms with Crippen molar-refractivity contribution < 1.29 is 29.0 Å². The van der Waals surface area contributed by atoms with Crippen LogP contribution in [0.5, 0.6) is 0 Å². The topological polar surface area (TPSA) is 117 Å². The molecule has 9 nitrogen and oxygen atoms in total. The van der Waals surface area contributed by atoms with Crippen molar-refractivity contribution in [3.05, 3.63) is 83.9 Å². The molecule has 39 heavy (non-hydrogen) atoms. The van der Waals surface area contributed by atoms with Gasteiger partial charge in [-0.15, -0.1) is 0 Å². The zero-order chi connectivity index (χ0) is 28.8. The Morgan fingerprint density at radius 1 is 0.821 bits per heavy atom. The summed E-state index contributed by atoms with van der Waals surface area (Å²) in [7, 11) is 0. The van der Waals surface area contributed by atoms with Crippen LogP contribution in [-0.4, -0.2) is 52.1 Å². The molecular weight excluding hydrogens is 498 g/mol. The Morgan fingerprint density at radius 3 is 2.00 bits per heavy atom. The molecule has 0 fully saturated rings. The number of hydrazine groups is 1. The third-order valence-electron chi connectivity index (χ3n) is 5.56. The molecule has 0 heterocycles. The van der Waals surface area contributed by atoms with Gasteiger partial charge in [0.15, 0.2) is 0 Å². The van der Waals surface area contributed by atoms with E-state index in [9.17, 15) is 19.5 Å². The Hall–Kier alpha value is -4.11. The van der Waals surface area contributed by atoms with Gasteiger partial charge in [-0.2, -0.15) is 0 Å². The van der Waals surface area contributed by atoms with Gasteiger partial charge in [0.1, 0.15) is 17.2 Å². The molecule has 208 valence electrons. The fourth-order valence-corrected chi connectivity index (χ4v) is 3.93. The van der Waals surface area contributed by atoms with Crippen molar-refractivity contribution in [2.24, 2.45) is 0 Å². The summed E-state index contributed by atoms with van der Waals surface area (Å²) >= 11 is 0. The number of aliphatic hydroxyl groups excluding tert-OH is 1. The van der Waals surface area contributed by atoms with E-state index in [0.29, 0.717) is 11.1 Å². The molecule has 0 aliphatic carbocycles. The molecule has 0 aliphatic heterocycles. The maximum absolute atomic E-state index is 13.4. The lowest BCUT2D eigenvalue weighted by molar-refractivity contribution is -0.0221. The molecule has 0 unspecified atom stereocenters. The number of hydrogen-bond acceptors (Lipinski definition) is 6. The number of aliphatic hydroxyl groups is 1. The number of carbonyl (C=O) groups is 3. The molecule has 0 saturated carbocycles. The number of ether oxygens (including phenoxy) is 2. The van der Waals surface area contributed by atoms with Gasteiger partial charge in [0, 0.05) is 5.56 Å². The smallest absolute Gasteiger partial charge is 0.429 e. The van der Waals surface area contributed by atoms with Gasteiger partial charge in [-0.05, 0) is 76.1 Å². The summed E-state index contributed by atoms with van der Waals surface area (Å²) in [6.45, 7) is 9.48. The predicted octanol–water partition coefficient (Wildman–Crippen LogP) is 5.35. The highest BCUT2D eigenvalue weighted by Crippen LogP contribution is 2.27. The SMILES string of the molecule is CC(C)(C)OC(=O)NN(C(=O)OC(C)(C)C)[C@@H](CO)[C@H](NC(=O)c1ccccc1)c1ccc2ccccc2c1. The Kier molecular flexibility index (Phi) is 9.19. The van der Waals surface area contributed by atoms with Crippen molar-refractivity contribution in [1.29, 1.82) is 0 Å². The van der Waals surface area contributed by atoms with E-state index in [4.69, 9.17) is 9.47 Å². The lowest BCUT2D eigenvalue weighted by Gasteiger charge is -2.37. The van der Waals surface area contributed by atoms with Crippen molar-refractivity contribution in [3.63, 3.8) is 0 Å². The minimum atomic E-state index is -1.17. The standard InChI is InChI=1S/C30H37N3O6/c1-29(2,3)38-27(36)32-33(28(37)39-30(4,5)6)24(19-34)25(31-26(35)21-13-8-7-9-14-21)23-17-16-20-12-10-11-15-22(20)18-23/h7-18,24-25,34H,19H2,1-6H3,(H,31,35)(H,32,36)/t24-,25+/m0/s1. The number of carbonyl (C=O) groups excluding carboxylic acids is 3. The Labute approximate surface area is 229 Å². The van der Waals surface area contributed by atoms with Crippen LogP contribution in [0.3, 0.4) is 0 Å². The third-order valence-corrected chi connectivity index (χ3v) is 5.56. The van der Waals surface area contributed by atoms with E-state index >= 15 is 0 Å². The molecule has 3 rings (SSSR count). The first-order valence-electron chi connectivity index (χ1n) is 12.7. The van der Waals surface area contributed by atoms with Crippen molar-refractivity contribution in [1.82, 2.24) is 15.8 Å². The first-order chi connectivity index (χ1) is 18.3. The van der Waals surface area contributed by atoms with E-state index in [1.165, 1.54) is 0 Å². The summed E-state index contributed by atoms with van der Waals surface area (Å²) in [6, 6.07) is 19.7. The van der Waals surface area contributed by atoms with Gasteiger partial charge in [-0.25, -0.2) is 20.0 Å². The number of rotatable bonds is 6. The monoisotopic (exact) mass is 535 g/mol. The van der Waals surface area contributed by atoms with Crippen molar-refractivity contribution in [2.45, 2.75) is 64.8 Å². The summed E-state index contributed by atoms with van der Waals surface area (Å²) in [4.78, 5) is 39.5. The fourth-order valence-electron chi connectivity index (χ4n) is 3.93. The van der Waals surface area contributed by atoms with Gasteiger partial charge in [0.25, 0.3) is 5.91 Å². The van der Waals surface area contributed by atoms with Gasteiger partial charge < -0.3 is 19.9 Å². The molecule has 0 aliphatic rings. The number of nitrogens with one attached hydrogen (secondary N) is 2. The highest BCUT2D eigenvalue weighted by molar-refractivity contribution is 5.94. The van der Waals surface area contributed by atoms with Gasteiger partial charge in [-0.1, -0.05) is 54.6 Å². The summed E-state index contributed by atoms with van der Waals surface area (Å²) in [5.74, 6) is -0.423. The molecule has 2 atom stereocenters. The predicted molar refractivity (Wildman–Crippen MR) is 149 cm³/mol. The fraction of sp³-hybridized carbons (Fsp3) is 0.367. The molecule has 9 heteroatoms. The summed E-state index contributed by atoms with van der Waals surface area (Å²) in [6.07, 6.45) is -1.84. The van der Waals surface area contributed by atoms with Gasteiger partial charge in [-0.3, -0.25) is 4.79 Å². The summed E-state index contributed by atoms with van der Waals surface area (Å²) in [5.41, 5.74) is 1.68. The molecule has 3 aromatic rings.